The SMILES string of the molecule is CC(C)Oc1ccc(-c2noc(C3CCNCC3)n2)cc1. The van der Waals surface area contributed by atoms with E-state index in [2.05, 4.69) is 15.5 Å². The van der Waals surface area contributed by atoms with Crippen molar-refractivity contribution in [1.82, 2.24) is 15.5 Å². The summed E-state index contributed by atoms with van der Waals surface area (Å²) in [7, 11) is 0. The number of benzene rings is 1. The molecule has 0 unspecified atom stereocenters. The van der Waals surface area contributed by atoms with E-state index in [0.29, 0.717) is 11.7 Å². The number of rotatable bonds is 4. The van der Waals surface area contributed by atoms with E-state index in [1.54, 1.807) is 0 Å². The first-order chi connectivity index (χ1) is 10.2. The second-order valence-electron chi connectivity index (χ2n) is 5.67. The Bertz CT molecular complexity index is 571. The van der Waals surface area contributed by atoms with Crippen LogP contribution >= 0.6 is 0 Å². The van der Waals surface area contributed by atoms with Crippen molar-refractivity contribution in [1.29, 1.82) is 0 Å². The van der Waals surface area contributed by atoms with Gasteiger partial charge in [-0.25, -0.2) is 0 Å². The molecular weight excluding hydrogens is 266 g/mol. The molecular formula is C16H21N3O2. The van der Waals surface area contributed by atoms with Gasteiger partial charge in [0.15, 0.2) is 0 Å². The predicted molar refractivity (Wildman–Crippen MR) is 80.3 cm³/mol. The van der Waals surface area contributed by atoms with Crippen molar-refractivity contribution in [2.45, 2.75) is 38.7 Å². The molecule has 1 aromatic carbocycles. The van der Waals surface area contributed by atoms with Gasteiger partial charge < -0.3 is 14.6 Å². The van der Waals surface area contributed by atoms with Crippen molar-refractivity contribution >= 4 is 0 Å². The van der Waals surface area contributed by atoms with Crippen LogP contribution in [-0.4, -0.2) is 29.3 Å². The van der Waals surface area contributed by atoms with Crippen LogP contribution in [0.15, 0.2) is 28.8 Å². The normalized spacial score (nSPS) is 16.3. The van der Waals surface area contributed by atoms with Crippen LogP contribution in [0.4, 0.5) is 0 Å². The Morgan fingerprint density at radius 2 is 1.90 bits per heavy atom. The van der Waals surface area contributed by atoms with Gasteiger partial charge in [-0.2, -0.15) is 4.98 Å². The Hall–Kier alpha value is -1.88. The van der Waals surface area contributed by atoms with Gasteiger partial charge in [-0.3, -0.25) is 0 Å². The number of aromatic nitrogens is 2. The van der Waals surface area contributed by atoms with E-state index in [0.717, 1.165) is 43.1 Å². The van der Waals surface area contributed by atoms with Crippen LogP contribution < -0.4 is 10.1 Å². The van der Waals surface area contributed by atoms with Gasteiger partial charge in [-0.1, -0.05) is 5.16 Å². The van der Waals surface area contributed by atoms with Crippen LogP contribution in [0.1, 0.15) is 38.5 Å². The molecule has 0 atom stereocenters. The highest BCUT2D eigenvalue weighted by atomic mass is 16.5. The van der Waals surface area contributed by atoms with Crippen molar-refractivity contribution < 1.29 is 9.26 Å². The predicted octanol–water partition coefficient (Wildman–Crippen LogP) is 2.99. The first-order valence-electron chi connectivity index (χ1n) is 7.54. The Labute approximate surface area is 124 Å². The van der Waals surface area contributed by atoms with Gasteiger partial charge in [0.2, 0.25) is 11.7 Å². The third-order valence-corrected chi connectivity index (χ3v) is 3.61. The Balaban J connectivity index is 1.73. The van der Waals surface area contributed by atoms with Gasteiger partial charge in [0.25, 0.3) is 0 Å². The van der Waals surface area contributed by atoms with Gasteiger partial charge in [-0.15, -0.1) is 0 Å². The minimum Gasteiger partial charge on any atom is -0.491 e. The molecule has 21 heavy (non-hydrogen) atoms. The highest BCUT2D eigenvalue weighted by Crippen LogP contribution is 2.26. The minimum absolute atomic E-state index is 0.174. The fourth-order valence-electron chi connectivity index (χ4n) is 2.54. The molecule has 1 fully saturated rings. The second-order valence-corrected chi connectivity index (χ2v) is 5.67. The van der Waals surface area contributed by atoms with Gasteiger partial charge in [0.1, 0.15) is 5.75 Å². The molecule has 0 amide bonds. The minimum atomic E-state index is 0.174. The van der Waals surface area contributed by atoms with Gasteiger partial charge in [-0.05, 0) is 64.0 Å². The number of hydrogen-bond donors (Lipinski definition) is 1. The first-order valence-corrected chi connectivity index (χ1v) is 7.54. The molecule has 0 saturated carbocycles. The zero-order chi connectivity index (χ0) is 14.7. The Morgan fingerprint density at radius 1 is 1.19 bits per heavy atom. The molecule has 5 heteroatoms. The summed E-state index contributed by atoms with van der Waals surface area (Å²) in [4.78, 5) is 4.55. The Kier molecular flexibility index (Phi) is 4.20. The van der Waals surface area contributed by atoms with E-state index >= 15 is 0 Å². The Morgan fingerprint density at radius 3 is 2.57 bits per heavy atom. The number of hydrogen-bond acceptors (Lipinski definition) is 5. The summed E-state index contributed by atoms with van der Waals surface area (Å²) >= 11 is 0. The molecule has 1 aromatic heterocycles. The first kappa shape index (κ1) is 14.1. The lowest BCUT2D eigenvalue weighted by Gasteiger charge is -2.18. The van der Waals surface area contributed by atoms with E-state index in [1.807, 2.05) is 38.1 Å². The summed E-state index contributed by atoms with van der Waals surface area (Å²) in [5, 5.41) is 7.45. The van der Waals surface area contributed by atoms with Crippen LogP contribution in [0.5, 0.6) is 5.75 Å². The second kappa shape index (κ2) is 6.26. The molecule has 3 rings (SSSR count). The molecule has 1 saturated heterocycles. The third kappa shape index (κ3) is 3.42. The molecule has 0 aliphatic carbocycles. The number of piperidine rings is 1. The van der Waals surface area contributed by atoms with Crippen molar-refractivity contribution in [3.05, 3.63) is 30.2 Å². The fourth-order valence-corrected chi connectivity index (χ4v) is 2.54. The average molecular weight is 287 g/mol. The summed E-state index contributed by atoms with van der Waals surface area (Å²) in [6, 6.07) is 7.81. The molecule has 2 heterocycles. The maximum absolute atomic E-state index is 5.63. The number of nitrogens with zero attached hydrogens (tertiary/aromatic N) is 2. The van der Waals surface area contributed by atoms with E-state index in [4.69, 9.17) is 9.26 Å². The van der Waals surface area contributed by atoms with Crippen molar-refractivity contribution in [3.8, 4) is 17.1 Å². The van der Waals surface area contributed by atoms with E-state index in [-0.39, 0.29) is 6.10 Å². The smallest absolute Gasteiger partial charge is 0.230 e. The van der Waals surface area contributed by atoms with E-state index < -0.39 is 0 Å². The topological polar surface area (TPSA) is 60.2 Å². The summed E-state index contributed by atoms with van der Waals surface area (Å²) in [5.41, 5.74) is 0.954. The van der Waals surface area contributed by atoms with Crippen molar-refractivity contribution in [3.63, 3.8) is 0 Å². The molecule has 2 aromatic rings. The number of nitrogens with one attached hydrogen (secondary N) is 1. The molecule has 0 radical (unpaired) electrons. The van der Waals surface area contributed by atoms with Crippen LogP contribution in [0.2, 0.25) is 0 Å². The van der Waals surface area contributed by atoms with Crippen LogP contribution in [0.25, 0.3) is 11.4 Å². The van der Waals surface area contributed by atoms with Crippen LogP contribution in [-0.2, 0) is 0 Å². The van der Waals surface area contributed by atoms with Crippen molar-refractivity contribution in [2.75, 3.05) is 13.1 Å². The fraction of sp³-hybridized carbons (Fsp3) is 0.500. The molecule has 112 valence electrons. The lowest BCUT2D eigenvalue weighted by Crippen LogP contribution is -2.26. The zero-order valence-electron chi connectivity index (χ0n) is 12.5. The summed E-state index contributed by atoms with van der Waals surface area (Å²) in [6.07, 6.45) is 2.29. The van der Waals surface area contributed by atoms with E-state index in [1.165, 1.54) is 0 Å². The lowest BCUT2D eigenvalue weighted by molar-refractivity contribution is 0.242. The molecule has 5 nitrogen and oxygen atoms in total. The van der Waals surface area contributed by atoms with Crippen molar-refractivity contribution in [2.24, 2.45) is 0 Å². The standard InChI is InChI=1S/C16H21N3O2/c1-11(2)20-14-5-3-12(4-6-14)15-18-16(21-19-15)13-7-9-17-10-8-13/h3-6,11,13,17H,7-10H2,1-2H3. The van der Waals surface area contributed by atoms with Gasteiger partial charge >= 0.3 is 0 Å². The summed E-state index contributed by atoms with van der Waals surface area (Å²) in [5.74, 6) is 2.65. The average Bonchev–Trinajstić information content (AvgIpc) is 2.98. The maximum atomic E-state index is 5.63. The quantitative estimate of drug-likeness (QED) is 0.936. The summed E-state index contributed by atoms with van der Waals surface area (Å²) < 4.78 is 11.1. The van der Waals surface area contributed by atoms with E-state index in [9.17, 15) is 0 Å². The largest absolute Gasteiger partial charge is 0.491 e. The molecule has 0 bridgehead atoms. The monoisotopic (exact) mass is 287 g/mol. The van der Waals surface area contributed by atoms with Crippen LogP contribution in [0, 0.1) is 0 Å². The zero-order valence-corrected chi connectivity index (χ0v) is 12.5. The third-order valence-electron chi connectivity index (χ3n) is 3.61. The molecule has 0 spiro atoms. The van der Waals surface area contributed by atoms with Crippen LogP contribution in [0.3, 0.4) is 0 Å². The van der Waals surface area contributed by atoms with Gasteiger partial charge in [0.05, 0.1) is 6.10 Å². The maximum Gasteiger partial charge on any atom is 0.230 e. The molecule has 1 N–H and O–H groups in total. The lowest BCUT2D eigenvalue weighted by atomic mass is 9.98. The highest BCUT2D eigenvalue weighted by molar-refractivity contribution is 5.55. The molecule has 1 aliphatic heterocycles. The number of ether oxygens (including phenoxy) is 1. The molecule has 1 aliphatic rings. The highest BCUT2D eigenvalue weighted by Gasteiger charge is 2.21. The van der Waals surface area contributed by atoms with Gasteiger partial charge in [0, 0.05) is 11.5 Å². The summed E-state index contributed by atoms with van der Waals surface area (Å²) in [6.45, 7) is 6.06.